The van der Waals surface area contributed by atoms with E-state index >= 15 is 0 Å². The van der Waals surface area contributed by atoms with Crippen molar-refractivity contribution in [2.45, 2.75) is 57.9 Å². The van der Waals surface area contributed by atoms with Crippen molar-refractivity contribution in [3.63, 3.8) is 0 Å². The highest BCUT2D eigenvalue weighted by Crippen LogP contribution is 2.33. The van der Waals surface area contributed by atoms with Crippen LogP contribution in [-0.4, -0.2) is 60.5 Å². The number of hydrogen-bond acceptors (Lipinski definition) is 7. The summed E-state index contributed by atoms with van der Waals surface area (Å²) in [4.78, 5) is 37.5. The Morgan fingerprint density at radius 1 is 1.15 bits per heavy atom. The van der Waals surface area contributed by atoms with Crippen LogP contribution >= 0.6 is 0 Å². The summed E-state index contributed by atoms with van der Waals surface area (Å²) >= 11 is 0. The van der Waals surface area contributed by atoms with Crippen molar-refractivity contribution in [3.8, 4) is 11.5 Å². The van der Waals surface area contributed by atoms with Gasteiger partial charge in [0.1, 0.15) is 17.5 Å². The van der Waals surface area contributed by atoms with E-state index in [1.165, 1.54) is 13.2 Å². The molecule has 10 nitrogen and oxygen atoms in total. The van der Waals surface area contributed by atoms with Crippen molar-refractivity contribution < 1.29 is 37.3 Å². The smallest absolute Gasteiger partial charge is 0.407 e. The SMILES string of the molecule is CC[C@@H](CNc1ccc(OCC(=O)O)cc1OC)NC(=O)[C@H](CC(C)C)N[C@@H](c1ccc(=O)[nH]c1)C(F)(F)F. The van der Waals surface area contributed by atoms with Crippen molar-refractivity contribution >= 4 is 17.6 Å². The average molecular weight is 557 g/mol. The van der Waals surface area contributed by atoms with Crippen molar-refractivity contribution in [1.29, 1.82) is 0 Å². The van der Waals surface area contributed by atoms with Crippen LogP contribution in [0.15, 0.2) is 41.3 Å². The predicted octanol–water partition coefficient (Wildman–Crippen LogP) is 3.46. The predicted molar refractivity (Wildman–Crippen MR) is 139 cm³/mol. The van der Waals surface area contributed by atoms with Gasteiger partial charge in [-0.3, -0.25) is 14.9 Å². The molecule has 216 valence electrons. The number of alkyl halides is 3. The Labute approximate surface area is 224 Å². The summed E-state index contributed by atoms with van der Waals surface area (Å²) in [5.41, 5.74) is -0.186. The zero-order valence-electron chi connectivity index (χ0n) is 22.2. The van der Waals surface area contributed by atoms with Gasteiger partial charge in [0, 0.05) is 30.9 Å². The molecule has 0 radical (unpaired) electrons. The third kappa shape index (κ3) is 10.2. The number of aliphatic carboxylic acids is 1. The number of halogens is 3. The van der Waals surface area contributed by atoms with Crippen LogP contribution in [0, 0.1) is 5.92 Å². The van der Waals surface area contributed by atoms with Crippen LogP contribution in [0.4, 0.5) is 18.9 Å². The zero-order valence-corrected chi connectivity index (χ0v) is 22.2. The number of amides is 1. The van der Waals surface area contributed by atoms with Crippen LogP contribution in [0.3, 0.4) is 0 Å². The zero-order chi connectivity index (χ0) is 29.2. The maximum Gasteiger partial charge on any atom is 0.407 e. The third-order valence-electron chi connectivity index (χ3n) is 5.77. The van der Waals surface area contributed by atoms with Crippen molar-refractivity contribution in [3.05, 3.63) is 52.4 Å². The Bertz CT molecular complexity index is 1130. The first-order chi connectivity index (χ1) is 18.3. The third-order valence-corrected chi connectivity index (χ3v) is 5.77. The monoisotopic (exact) mass is 556 g/mol. The second-order valence-electron chi connectivity index (χ2n) is 9.35. The molecule has 0 fully saturated rings. The molecule has 1 aromatic heterocycles. The fraction of sp³-hybridized carbons (Fsp3) is 0.500. The van der Waals surface area contributed by atoms with E-state index in [9.17, 15) is 27.6 Å². The van der Waals surface area contributed by atoms with Crippen molar-refractivity contribution in [1.82, 2.24) is 15.6 Å². The van der Waals surface area contributed by atoms with Gasteiger partial charge in [0.25, 0.3) is 0 Å². The lowest BCUT2D eigenvalue weighted by Gasteiger charge is -2.29. The minimum absolute atomic E-state index is 0.0814. The Kier molecular flexibility index (Phi) is 11.6. The number of carboxylic acid groups (broad SMARTS) is 1. The van der Waals surface area contributed by atoms with Gasteiger partial charge in [-0.05, 0) is 36.5 Å². The normalized spacial score (nSPS) is 13.8. The first-order valence-corrected chi connectivity index (χ1v) is 12.4. The molecule has 1 heterocycles. The number of carbonyl (C=O) groups excluding carboxylic acids is 1. The van der Waals surface area contributed by atoms with Crippen LogP contribution in [0.25, 0.3) is 0 Å². The maximum atomic E-state index is 13.9. The standard InChI is InChI=1S/C26H35F3N4O6/c1-5-17(13-30-19-8-7-18(11-21(19)38-4)39-14-23(35)36)32-25(37)20(10-15(2)3)33-24(26(27,28)29)16-6-9-22(34)31-12-16/h6-9,11-12,15,17,20,24,30,33H,5,10,13-14H2,1-4H3,(H,31,34)(H,32,37)(H,35,36)/t17-,20-,24-/m0/s1. The maximum absolute atomic E-state index is 13.9. The molecule has 0 saturated carbocycles. The van der Waals surface area contributed by atoms with Gasteiger partial charge in [-0.25, -0.2) is 4.79 Å². The molecule has 5 N–H and O–H groups in total. The largest absolute Gasteiger partial charge is 0.494 e. The number of carboxylic acids is 1. The molecule has 0 unspecified atom stereocenters. The summed E-state index contributed by atoms with van der Waals surface area (Å²) in [7, 11) is 1.43. The van der Waals surface area contributed by atoms with Crippen LogP contribution in [0.5, 0.6) is 11.5 Å². The second kappa shape index (κ2) is 14.4. The van der Waals surface area contributed by atoms with Crippen LogP contribution in [-0.2, 0) is 9.59 Å². The lowest BCUT2D eigenvalue weighted by atomic mass is 9.99. The number of aromatic nitrogens is 1. The second-order valence-corrected chi connectivity index (χ2v) is 9.35. The fourth-order valence-electron chi connectivity index (χ4n) is 3.79. The minimum atomic E-state index is -4.71. The molecule has 2 rings (SSSR count). The summed E-state index contributed by atoms with van der Waals surface area (Å²) < 4.78 is 52.3. The van der Waals surface area contributed by atoms with E-state index in [2.05, 4.69) is 20.9 Å². The number of methoxy groups -OCH3 is 1. The molecule has 39 heavy (non-hydrogen) atoms. The van der Waals surface area contributed by atoms with E-state index in [-0.39, 0.29) is 24.4 Å². The van der Waals surface area contributed by atoms with E-state index in [1.807, 2.05) is 6.92 Å². The molecule has 0 aliphatic rings. The van der Waals surface area contributed by atoms with Gasteiger partial charge in [0.2, 0.25) is 11.5 Å². The van der Waals surface area contributed by atoms with Crippen molar-refractivity contribution in [2.75, 3.05) is 25.6 Å². The average Bonchev–Trinajstić information content (AvgIpc) is 2.87. The first kappa shape index (κ1) is 31.5. The molecular formula is C26H35F3N4O6. The number of ether oxygens (including phenoxy) is 2. The van der Waals surface area contributed by atoms with Gasteiger partial charge in [-0.15, -0.1) is 0 Å². The highest BCUT2D eigenvalue weighted by Gasteiger charge is 2.43. The molecule has 13 heteroatoms. The molecule has 0 bridgehead atoms. The summed E-state index contributed by atoms with van der Waals surface area (Å²) in [5.74, 6) is -1.11. The first-order valence-electron chi connectivity index (χ1n) is 12.4. The number of hydrogen-bond donors (Lipinski definition) is 5. The van der Waals surface area contributed by atoms with Crippen molar-refractivity contribution in [2.24, 2.45) is 5.92 Å². The van der Waals surface area contributed by atoms with E-state index in [0.29, 0.717) is 23.6 Å². The van der Waals surface area contributed by atoms with Crippen LogP contribution < -0.4 is 31.0 Å². The quantitative estimate of drug-likeness (QED) is 0.225. The Balaban J connectivity index is 2.14. The lowest BCUT2D eigenvalue weighted by Crippen LogP contribution is -2.52. The Hall–Kier alpha value is -3.74. The highest BCUT2D eigenvalue weighted by molar-refractivity contribution is 5.82. The van der Waals surface area contributed by atoms with E-state index in [4.69, 9.17) is 14.6 Å². The number of rotatable bonds is 15. The van der Waals surface area contributed by atoms with Gasteiger partial charge in [-0.1, -0.05) is 26.8 Å². The lowest BCUT2D eigenvalue weighted by molar-refractivity contribution is -0.161. The Morgan fingerprint density at radius 2 is 1.87 bits per heavy atom. The van der Waals surface area contributed by atoms with Gasteiger partial charge < -0.3 is 30.2 Å². The fourth-order valence-corrected chi connectivity index (χ4v) is 3.79. The topological polar surface area (TPSA) is 142 Å². The van der Waals surface area contributed by atoms with E-state index < -0.39 is 48.3 Å². The van der Waals surface area contributed by atoms with Crippen LogP contribution in [0.2, 0.25) is 0 Å². The van der Waals surface area contributed by atoms with Gasteiger partial charge >= 0.3 is 12.1 Å². The number of nitrogens with one attached hydrogen (secondary N) is 4. The molecule has 0 aliphatic heterocycles. The number of pyridine rings is 1. The number of H-pyrrole nitrogens is 1. The van der Waals surface area contributed by atoms with Gasteiger partial charge in [-0.2, -0.15) is 13.2 Å². The van der Waals surface area contributed by atoms with Gasteiger partial charge in [0.15, 0.2) is 6.61 Å². The number of carbonyl (C=O) groups is 2. The number of benzene rings is 1. The molecule has 2 aromatic rings. The molecule has 0 aliphatic carbocycles. The highest BCUT2D eigenvalue weighted by atomic mass is 19.4. The summed E-state index contributed by atoms with van der Waals surface area (Å²) in [6.45, 7) is 5.17. The molecule has 0 spiro atoms. The number of anilines is 1. The Morgan fingerprint density at radius 3 is 2.41 bits per heavy atom. The number of aromatic amines is 1. The van der Waals surface area contributed by atoms with E-state index in [1.54, 1.807) is 26.0 Å². The molecule has 3 atom stereocenters. The van der Waals surface area contributed by atoms with Crippen LogP contribution in [0.1, 0.15) is 45.2 Å². The molecule has 1 amide bonds. The van der Waals surface area contributed by atoms with E-state index in [0.717, 1.165) is 18.3 Å². The molecule has 0 saturated heterocycles. The summed E-state index contributed by atoms with van der Waals surface area (Å²) in [6.07, 6.45) is -3.09. The minimum Gasteiger partial charge on any atom is -0.494 e. The van der Waals surface area contributed by atoms with Gasteiger partial charge in [0.05, 0.1) is 18.8 Å². The molecule has 1 aromatic carbocycles. The summed E-state index contributed by atoms with van der Waals surface area (Å²) in [6, 6.07) is 3.05. The summed E-state index contributed by atoms with van der Waals surface area (Å²) in [5, 5.41) is 17.2. The molecular weight excluding hydrogens is 521 g/mol.